The Morgan fingerprint density at radius 3 is 2.77 bits per heavy atom. The second-order valence-corrected chi connectivity index (χ2v) is 6.87. The molecule has 0 aliphatic carbocycles. The molecular formula is C21H22N6O3. The smallest absolute Gasteiger partial charge is 0.272 e. The van der Waals surface area contributed by atoms with Gasteiger partial charge in [-0.25, -0.2) is 0 Å². The van der Waals surface area contributed by atoms with Gasteiger partial charge in [0.2, 0.25) is 5.88 Å². The van der Waals surface area contributed by atoms with Gasteiger partial charge in [-0.2, -0.15) is 5.26 Å². The van der Waals surface area contributed by atoms with Gasteiger partial charge in [0.25, 0.3) is 5.91 Å². The molecule has 30 heavy (non-hydrogen) atoms. The molecule has 9 nitrogen and oxygen atoms in total. The minimum Gasteiger partial charge on any atom is -0.472 e. The highest BCUT2D eigenvalue weighted by Gasteiger charge is 2.17. The molecule has 3 aromatic heterocycles. The first-order chi connectivity index (χ1) is 14.5. The van der Waals surface area contributed by atoms with E-state index in [0.29, 0.717) is 24.3 Å². The van der Waals surface area contributed by atoms with Crippen molar-refractivity contribution in [3.63, 3.8) is 0 Å². The third-order valence-corrected chi connectivity index (χ3v) is 4.47. The summed E-state index contributed by atoms with van der Waals surface area (Å²) in [7, 11) is 0. The summed E-state index contributed by atoms with van der Waals surface area (Å²) < 4.78 is 11.0. The normalized spacial score (nSPS) is 11.5. The fourth-order valence-electron chi connectivity index (χ4n) is 2.71. The lowest BCUT2D eigenvalue weighted by Crippen LogP contribution is -2.33. The Morgan fingerprint density at radius 1 is 1.27 bits per heavy atom. The number of aryl methyl sites for hydroxylation is 2. The monoisotopic (exact) mass is 406 g/mol. The molecule has 3 rings (SSSR count). The molecule has 0 aromatic carbocycles. The SMILES string of the molecule is Cc1ccc(-c2noc(C)c2COc2ccc(C(=O)N[C@@H](C)CCC#N)nn2)cn1. The summed E-state index contributed by atoms with van der Waals surface area (Å²) in [6.45, 7) is 5.74. The van der Waals surface area contributed by atoms with Crippen molar-refractivity contribution < 1.29 is 14.1 Å². The van der Waals surface area contributed by atoms with Gasteiger partial charge in [-0.1, -0.05) is 5.16 Å². The van der Waals surface area contributed by atoms with Crippen LogP contribution in [0.5, 0.6) is 5.88 Å². The minimum atomic E-state index is -0.344. The number of hydrogen-bond donors (Lipinski definition) is 1. The van der Waals surface area contributed by atoms with E-state index >= 15 is 0 Å². The third-order valence-electron chi connectivity index (χ3n) is 4.47. The van der Waals surface area contributed by atoms with Crippen molar-refractivity contribution in [3.8, 4) is 23.2 Å². The highest BCUT2D eigenvalue weighted by atomic mass is 16.5. The molecule has 1 atom stereocenters. The van der Waals surface area contributed by atoms with Crippen molar-refractivity contribution in [2.24, 2.45) is 0 Å². The van der Waals surface area contributed by atoms with Crippen LogP contribution >= 0.6 is 0 Å². The standard InChI is InChI=1S/C21H22N6O3/c1-13-6-7-16(11-23-13)20-17(15(3)30-27-20)12-29-19-9-8-18(25-26-19)21(28)24-14(2)5-4-10-22/h6-9,11,14H,4-5,12H2,1-3H3,(H,24,28)/t14-/m0/s1. The zero-order valence-corrected chi connectivity index (χ0v) is 17.0. The molecule has 154 valence electrons. The Bertz CT molecular complexity index is 1040. The predicted molar refractivity (Wildman–Crippen MR) is 107 cm³/mol. The summed E-state index contributed by atoms with van der Waals surface area (Å²) in [5.74, 6) is 0.571. The Kier molecular flexibility index (Phi) is 6.70. The van der Waals surface area contributed by atoms with E-state index in [-0.39, 0.29) is 30.1 Å². The molecular weight excluding hydrogens is 384 g/mol. The van der Waals surface area contributed by atoms with Crippen molar-refractivity contribution in [2.45, 2.75) is 46.3 Å². The second kappa shape index (κ2) is 9.60. The molecule has 1 N–H and O–H groups in total. The van der Waals surface area contributed by atoms with E-state index in [1.807, 2.05) is 32.9 Å². The number of carbonyl (C=O) groups is 1. The van der Waals surface area contributed by atoms with Crippen molar-refractivity contribution in [1.29, 1.82) is 5.26 Å². The maximum absolute atomic E-state index is 12.2. The van der Waals surface area contributed by atoms with Gasteiger partial charge in [-0.05, 0) is 45.4 Å². The lowest BCUT2D eigenvalue weighted by Gasteiger charge is -2.11. The number of aromatic nitrogens is 4. The van der Waals surface area contributed by atoms with Gasteiger partial charge in [-0.15, -0.1) is 10.2 Å². The van der Waals surface area contributed by atoms with Gasteiger partial charge in [0.1, 0.15) is 18.1 Å². The van der Waals surface area contributed by atoms with Crippen LogP contribution < -0.4 is 10.1 Å². The summed E-state index contributed by atoms with van der Waals surface area (Å²) in [5.41, 5.74) is 3.37. The Labute approximate surface area is 174 Å². The quantitative estimate of drug-likeness (QED) is 0.604. The Morgan fingerprint density at radius 2 is 2.10 bits per heavy atom. The molecule has 9 heteroatoms. The van der Waals surface area contributed by atoms with E-state index in [1.165, 1.54) is 0 Å². The van der Waals surface area contributed by atoms with Crippen molar-refractivity contribution >= 4 is 5.91 Å². The number of nitrogens with zero attached hydrogens (tertiary/aromatic N) is 5. The summed E-state index contributed by atoms with van der Waals surface area (Å²) >= 11 is 0. The molecule has 0 spiro atoms. The number of ether oxygens (including phenoxy) is 1. The van der Waals surface area contributed by atoms with E-state index in [0.717, 1.165) is 16.8 Å². The highest BCUT2D eigenvalue weighted by molar-refractivity contribution is 5.92. The van der Waals surface area contributed by atoms with Gasteiger partial charge in [0, 0.05) is 36.0 Å². The highest BCUT2D eigenvalue weighted by Crippen LogP contribution is 2.25. The average molecular weight is 406 g/mol. The van der Waals surface area contributed by atoms with E-state index in [9.17, 15) is 4.79 Å². The number of amides is 1. The zero-order valence-electron chi connectivity index (χ0n) is 17.0. The van der Waals surface area contributed by atoms with Gasteiger partial charge in [0.05, 0.1) is 11.6 Å². The maximum Gasteiger partial charge on any atom is 0.272 e. The van der Waals surface area contributed by atoms with Gasteiger partial charge in [0.15, 0.2) is 5.69 Å². The van der Waals surface area contributed by atoms with E-state index in [1.54, 1.807) is 18.3 Å². The fraction of sp³-hybridized carbons (Fsp3) is 0.333. The summed E-state index contributed by atoms with van der Waals surface area (Å²) in [6, 6.07) is 8.88. The fourth-order valence-corrected chi connectivity index (χ4v) is 2.71. The summed E-state index contributed by atoms with van der Waals surface area (Å²) in [4.78, 5) is 16.5. The van der Waals surface area contributed by atoms with Crippen molar-refractivity contribution in [2.75, 3.05) is 0 Å². The molecule has 1 amide bonds. The first kappa shape index (κ1) is 20.9. The van der Waals surface area contributed by atoms with E-state index in [2.05, 4.69) is 31.7 Å². The number of nitrogens with one attached hydrogen (secondary N) is 1. The number of nitriles is 1. The van der Waals surface area contributed by atoms with Crippen molar-refractivity contribution in [3.05, 3.63) is 53.2 Å². The number of carbonyl (C=O) groups excluding carboxylic acids is 1. The van der Waals surface area contributed by atoms with Crippen LogP contribution in [0.3, 0.4) is 0 Å². The number of rotatable bonds is 8. The van der Waals surface area contributed by atoms with E-state index in [4.69, 9.17) is 14.5 Å². The molecule has 0 bridgehead atoms. The van der Waals surface area contributed by atoms with Crippen LogP contribution in [0.4, 0.5) is 0 Å². The molecule has 0 aliphatic rings. The van der Waals surface area contributed by atoms with Crippen LogP contribution in [0.1, 0.15) is 47.3 Å². The first-order valence-electron chi connectivity index (χ1n) is 9.50. The second-order valence-electron chi connectivity index (χ2n) is 6.87. The van der Waals surface area contributed by atoms with Crippen LogP contribution in [0.15, 0.2) is 35.0 Å². The lowest BCUT2D eigenvalue weighted by atomic mass is 10.1. The molecule has 0 aliphatic heterocycles. The van der Waals surface area contributed by atoms with Crippen LogP contribution in [-0.4, -0.2) is 32.3 Å². The minimum absolute atomic E-state index is 0.124. The van der Waals surface area contributed by atoms with Crippen LogP contribution in [0, 0.1) is 25.2 Å². The molecule has 0 saturated heterocycles. The van der Waals surface area contributed by atoms with Gasteiger partial charge >= 0.3 is 0 Å². The summed E-state index contributed by atoms with van der Waals surface area (Å²) in [6.07, 6.45) is 2.69. The number of pyridine rings is 1. The molecule has 0 saturated carbocycles. The first-order valence-corrected chi connectivity index (χ1v) is 9.50. The Balaban J connectivity index is 1.63. The summed E-state index contributed by atoms with van der Waals surface area (Å²) in [5, 5.41) is 23.4. The molecule has 0 unspecified atom stereocenters. The number of hydrogen-bond acceptors (Lipinski definition) is 8. The third kappa shape index (κ3) is 5.17. The molecule has 3 aromatic rings. The molecule has 3 heterocycles. The van der Waals surface area contributed by atoms with Crippen LogP contribution in [0.2, 0.25) is 0 Å². The Hall–Kier alpha value is -3.80. The molecule has 0 radical (unpaired) electrons. The maximum atomic E-state index is 12.2. The van der Waals surface area contributed by atoms with Crippen LogP contribution in [0.25, 0.3) is 11.3 Å². The van der Waals surface area contributed by atoms with E-state index < -0.39 is 0 Å². The molecule has 0 fully saturated rings. The van der Waals surface area contributed by atoms with Crippen LogP contribution in [-0.2, 0) is 6.61 Å². The lowest BCUT2D eigenvalue weighted by molar-refractivity contribution is 0.0932. The van der Waals surface area contributed by atoms with Gasteiger partial charge < -0.3 is 14.6 Å². The average Bonchev–Trinajstić information content (AvgIpc) is 3.12. The zero-order chi connectivity index (χ0) is 21.5. The van der Waals surface area contributed by atoms with Gasteiger partial charge in [-0.3, -0.25) is 9.78 Å². The van der Waals surface area contributed by atoms with Crippen molar-refractivity contribution in [1.82, 2.24) is 25.7 Å². The topological polar surface area (TPSA) is 127 Å². The predicted octanol–water partition coefficient (Wildman–Crippen LogP) is 3.14. The largest absolute Gasteiger partial charge is 0.472 e.